The Hall–Kier alpha value is -1.34. The largest absolute Gasteiger partial charge is 0.500 e. The zero-order chi connectivity index (χ0) is 23.8. The Morgan fingerprint density at radius 1 is 1.10 bits per heavy atom. The molecule has 7 N–H and O–H groups in total. The van der Waals surface area contributed by atoms with Crippen molar-refractivity contribution in [3.05, 3.63) is 0 Å². The van der Waals surface area contributed by atoms with Gasteiger partial charge in [-0.25, -0.2) is 18.5 Å². The lowest BCUT2D eigenvalue weighted by molar-refractivity contribution is -0.536. The molecule has 0 radical (unpaired) electrons. The molecule has 2 rings (SSSR count). The van der Waals surface area contributed by atoms with Gasteiger partial charge in [0, 0.05) is 0 Å². The molecule has 174 valence electrons. The Bertz CT molecular complexity index is 968. The number of hydrogen-bond donors (Lipinski definition) is 7. The molecule has 0 aromatic heterocycles. The lowest BCUT2D eigenvalue weighted by atomic mass is 10.1. The minimum atomic E-state index is -5.75. The van der Waals surface area contributed by atoms with Gasteiger partial charge in [0.1, 0.15) is 24.5 Å². The number of nitrogens with zero attached hydrogens (tertiary/aromatic N) is 1. The Labute approximate surface area is 172 Å². The van der Waals surface area contributed by atoms with E-state index in [1.165, 1.54) is 0 Å². The second kappa shape index (κ2) is 9.26. The summed E-state index contributed by atoms with van der Waals surface area (Å²) in [7, 11) is -16.8. The smallest absolute Gasteiger partial charge is 0.387 e. The fourth-order valence-electron chi connectivity index (χ4n) is 2.43. The molecule has 0 bridgehead atoms. The average Bonchev–Trinajstić information content (AvgIpc) is 2.85. The molecule has 2 heterocycles. The first-order valence-corrected chi connectivity index (χ1v) is 12.3. The van der Waals surface area contributed by atoms with Crippen LogP contribution in [0.4, 0.5) is 4.79 Å². The summed E-state index contributed by atoms with van der Waals surface area (Å²) in [5.41, 5.74) is 0. The van der Waals surface area contributed by atoms with Crippen molar-refractivity contribution in [2.75, 3.05) is 6.61 Å². The van der Waals surface area contributed by atoms with E-state index in [-0.39, 0.29) is 0 Å². The third kappa shape index (κ3) is 6.82. The maximum Gasteiger partial charge on any atom is 0.500 e. The van der Waals surface area contributed by atoms with Crippen LogP contribution in [0.2, 0.25) is 0 Å². The van der Waals surface area contributed by atoms with Gasteiger partial charge >= 0.3 is 35.4 Å². The first-order valence-electron chi connectivity index (χ1n) is 7.79. The van der Waals surface area contributed by atoms with Gasteiger partial charge in [0.25, 0.3) is 0 Å². The first kappa shape index (κ1) is 25.9. The Kier molecular flexibility index (Phi) is 7.74. The molecule has 5 unspecified atom stereocenters. The molecule has 0 aromatic rings. The van der Waals surface area contributed by atoms with Crippen molar-refractivity contribution in [2.45, 2.75) is 24.5 Å². The Balaban J connectivity index is 2.07. The second-order valence-corrected chi connectivity index (χ2v) is 10.3. The van der Waals surface area contributed by atoms with Crippen LogP contribution >= 0.6 is 23.5 Å². The lowest BCUT2D eigenvalue weighted by Gasteiger charge is -2.19. The van der Waals surface area contributed by atoms with E-state index < -0.39 is 72.5 Å². The predicted octanol–water partition coefficient (Wildman–Crippen LogP) is -2.64. The molecule has 2 aliphatic heterocycles. The van der Waals surface area contributed by atoms with Crippen LogP contribution < -0.4 is 5.32 Å². The lowest BCUT2D eigenvalue weighted by Crippen LogP contribution is -2.53. The van der Waals surface area contributed by atoms with E-state index in [4.69, 9.17) is 25.8 Å². The van der Waals surface area contributed by atoms with Crippen LogP contribution in [0.5, 0.6) is 0 Å². The molecule has 0 aliphatic carbocycles. The molecule has 1 fully saturated rings. The van der Waals surface area contributed by atoms with Gasteiger partial charge in [-0.1, -0.05) is 5.92 Å². The highest BCUT2D eigenvalue weighted by Gasteiger charge is 2.51. The van der Waals surface area contributed by atoms with Gasteiger partial charge in [-0.15, -0.1) is 6.42 Å². The van der Waals surface area contributed by atoms with Crippen molar-refractivity contribution in [1.29, 1.82) is 0 Å². The van der Waals surface area contributed by atoms with Gasteiger partial charge in [0.2, 0.25) is 6.23 Å². The van der Waals surface area contributed by atoms with E-state index in [0.29, 0.717) is 4.58 Å². The fourth-order valence-corrected chi connectivity index (χ4v) is 5.46. The van der Waals surface area contributed by atoms with Gasteiger partial charge in [-0.05, 0) is 0 Å². The number of phosphoric ester groups is 1. The molecular formula is C11H16N2O15P3+. The van der Waals surface area contributed by atoms with E-state index in [1.54, 1.807) is 0 Å². The van der Waals surface area contributed by atoms with Crippen LogP contribution in [-0.2, 0) is 36.4 Å². The van der Waals surface area contributed by atoms with Crippen LogP contribution in [0, 0.1) is 18.3 Å². The van der Waals surface area contributed by atoms with Crippen molar-refractivity contribution in [3.8, 4) is 12.3 Å². The van der Waals surface area contributed by atoms with E-state index in [1.807, 2.05) is 5.32 Å². The summed E-state index contributed by atoms with van der Waals surface area (Å²) in [6, 6.07) is -1.05. The molecule has 20 heteroatoms. The van der Waals surface area contributed by atoms with Crippen LogP contribution in [0.25, 0.3) is 0 Å². The standard InChI is InChI=1S/C11H15N2O15P3/c1-2-5-3-13(11(17)12-9(5)16)10-8(15)7(14)6(26-10)4-25-30(21,22)28-31(23,24)27-29(18,19)20/h1,3,5-8,10,14-15H,4H2,(H4-,12,16,17,18,19,20,21,22,23,24)/p+1/t5?,6-,7?,8?,10-/m1/s1. The summed E-state index contributed by atoms with van der Waals surface area (Å²) in [6.07, 6.45) is -0.802. The van der Waals surface area contributed by atoms with Crippen molar-refractivity contribution in [1.82, 2.24) is 5.32 Å². The number of phosphoric acid groups is 3. The van der Waals surface area contributed by atoms with Crippen molar-refractivity contribution in [3.63, 3.8) is 0 Å². The Morgan fingerprint density at radius 3 is 2.26 bits per heavy atom. The van der Waals surface area contributed by atoms with Crippen molar-refractivity contribution in [2.24, 2.45) is 5.92 Å². The number of amides is 3. The van der Waals surface area contributed by atoms with E-state index in [0.717, 1.165) is 6.21 Å². The summed E-state index contributed by atoms with van der Waals surface area (Å²) in [4.78, 5) is 58.9. The molecule has 7 atom stereocenters. The number of nitrogens with one attached hydrogen (secondary N) is 1. The number of rotatable bonds is 8. The van der Waals surface area contributed by atoms with E-state index in [9.17, 15) is 38.4 Å². The zero-order valence-corrected chi connectivity index (χ0v) is 17.6. The van der Waals surface area contributed by atoms with Crippen LogP contribution in [-0.4, -0.2) is 83.7 Å². The van der Waals surface area contributed by atoms with Crippen LogP contribution in [0.1, 0.15) is 0 Å². The molecule has 3 amide bonds. The molecule has 0 saturated carbocycles. The van der Waals surface area contributed by atoms with Crippen molar-refractivity contribution < 1.29 is 75.5 Å². The second-order valence-electron chi connectivity index (χ2n) is 5.93. The van der Waals surface area contributed by atoms with Crippen molar-refractivity contribution >= 4 is 41.6 Å². The average molecular weight is 509 g/mol. The Morgan fingerprint density at radius 2 is 1.71 bits per heavy atom. The molecule has 0 spiro atoms. The highest BCUT2D eigenvalue weighted by atomic mass is 31.3. The topological polar surface area (TPSA) is 259 Å². The van der Waals surface area contributed by atoms with Gasteiger partial charge in [-0.3, -0.25) is 4.52 Å². The number of aliphatic hydroxyl groups is 2. The summed E-state index contributed by atoms with van der Waals surface area (Å²) < 4.78 is 50.8. The normalized spacial score (nSPS) is 33.1. The van der Waals surface area contributed by atoms with Gasteiger partial charge in [0.15, 0.2) is 5.92 Å². The summed E-state index contributed by atoms with van der Waals surface area (Å²) in [5, 5.41) is 22.0. The number of carbonyl (C=O) groups is 2. The SMILES string of the molecule is C#CC1C=[N+]([C@@H]2O[C@H](COP(=O)(O)OP(=O)(O)OP(=O)(O)O)C(O)C2O)C(=O)NC1=O. The van der Waals surface area contributed by atoms with E-state index >= 15 is 0 Å². The number of hydrogen-bond acceptors (Lipinski definition) is 11. The number of urea groups is 1. The van der Waals surface area contributed by atoms with Crippen LogP contribution in [0.15, 0.2) is 0 Å². The quantitative estimate of drug-likeness (QED) is 0.100. The molecule has 2 aliphatic rings. The minimum Gasteiger partial charge on any atom is -0.387 e. The minimum absolute atomic E-state index is 0.671. The maximum atomic E-state index is 11.9. The molecular weight excluding hydrogens is 493 g/mol. The number of imide groups is 1. The molecule has 1 saturated heterocycles. The third-order valence-electron chi connectivity index (χ3n) is 3.67. The fraction of sp³-hybridized carbons (Fsp3) is 0.545. The number of terminal acetylenes is 1. The maximum absolute atomic E-state index is 11.9. The summed E-state index contributed by atoms with van der Waals surface area (Å²) in [6.45, 7) is -1.08. The number of aliphatic hydroxyl groups excluding tert-OH is 2. The monoisotopic (exact) mass is 509 g/mol. The summed E-state index contributed by atoms with van der Waals surface area (Å²) in [5.74, 6) is 0.0307. The molecule has 0 aromatic carbocycles. The van der Waals surface area contributed by atoms with Gasteiger partial charge in [-0.2, -0.15) is 23.3 Å². The number of carbonyl (C=O) groups excluding carboxylic acids is 2. The summed E-state index contributed by atoms with van der Waals surface area (Å²) >= 11 is 0. The van der Waals surface area contributed by atoms with Gasteiger partial charge in [0.05, 0.1) is 6.61 Å². The third-order valence-corrected chi connectivity index (χ3v) is 7.47. The first-order chi connectivity index (χ1) is 14.1. The van der Waals surface area contributed by atoms with E-state index in [2.05, 4.69) is 19.1 Å². The zero-order valence-electron chi connectivity index (χ0n) is 14.9. The highest BCUT2D eigenvalue weighted by molar-refractivity contribution is 7.66. The molecule has 31 heavy (non-hydrogen) atoms. The number of ether oxygens (including phenoxy) is 1. The highest BCUT2D eigenvalue weighted by Crippen LogP contribution is 2.66. The molecule has 17 nitrogen and oxygen atoms in total. The van der Waals surface area contributed by atoms with Crippen LogP contribution in [0.3, 0.4) is 0 Å². The van der Waals surface area contributed by atoms with Gasteiger partial charge < -0.3 is 34.5 Å². The predicted molar refractivity (Wildman–Crippen MR) is 92.7 cm³/mol.